The summed E-state index contributed by atoms with van der Waals surface area (Å²) in [4.78, 5) is 7.09. The van der Waals surface area contributed by atoms with E-state index in [2.05, 4.69) is 4.90 Å². The van der Waals surface area contributed by atoms with E-state index in [-0.39, 0.29) is 12.7 Å². The fourth-order valence-corrected chi connectivity index (χ4v) is 3.94. The van der Waals surface area contributed by atoms with Crippen LogP contribution in [0.1, 0.15) is 38.1 Å². The van der Waals surface area contributed by atoms with Crippen LogP contribution < -0.4 is 14.2 Å². The highest BCUT2D eigenvalue weighted by atomic mass is 16.7. The van der Waals surface area contributed by atoms with Crippen molar-refractivity contribution in [3.63, 3.8) is 0 Å². The third-order valence-corrected chi connectivity index (χ3v) is 5.68. The van der Waals surface area contributed by atoms with Crippen LogP contribution in [0.2, 0.25) is 0 Å². The summed E-state index contributed by atoms with van der Waals surface area (Å²) >= 11 is 0. The van der Waals surface area contributed by atoms with Crippen LogP contribution in [0.25, 0.3) is 11.5 Å². The first-order chi connectivity index (χ1) is 13.3. The van der Waals surface area contributed by atoms with E-state index in [1.54, 1.807) is 7.11 Å². The van der Waals surface area contributed by atoms with Gasteiger partial charge in [-0.25, -0.2) is 4.98 Å². The van der Waals surface area contributed by atoms with Gasteiger partial charge < -0.3 is 23.7 Å². The van der Waals surface area contributed by atoms with E-state index in [9.17, 15) is 5.11 Å². The Labute approximate surface area is 165 Å². The minimum atomic E-state index is -0.661. The summed E-state index contributed by atoms with van der Waals surface area (Å²) in [5.74, 6) is 3.46. The molecule has 4 rings (SSSR count). The molecule has 7 nitrogen and oxygen atoms in total. The molecular formula is C21H28N2O5. The molecule has 0 bridgehead atoms. The molecular weight excluding hydrogens is 360 g/mol. The number of aromatic nitrogens is 1. The van der Waals surface area contributed by atoms with Gasteiger partial charge in [0.15, 0.2) is 11.5 Å². The van der Waals surface area contributed by atoms with Gasteiger partial charge in [0.1, 0.15) is 5.76 Å². The fraction of sp³-hybridized carbons (Fsp3) is 0.571. The molecule has 7 heteroatoms. The van der Waals surface area contributed by atoms with Crippen molar-refractivity contribution in [2.75, 3.05) is 27.0 Å². The zero-order valence-corrected chi connectivity index (χ0v) is 16.9. The van der Waals surface area contributed by atoms with Gasteiger partial charge in [-0.1, -0.05) is 0 Å². The van der Waals surface area contributed by atoms with E-state index >= 15 is 0 Å². The van der Waals surface area contributed by atoms with Gasteiger partial charge in [0.2, 0.25) is 18.4 Å². The van der Waals surface area contributed by atoms with Crippen LogP contribution in [-0.4, -0.2) is 47.6 Å². The SMILES string of the molecule is COc1cc(-c2nc(CN3CCC[C@H](C(C)(C)O)C3)c(C)o2)cc2c1OCO2. The minimum Gasteiger partial charge on any atom is -0.493 e. The van der Waals surface area contributed by atoms with Crippen LogP contribution >= 0.6 is 0 Å². The summed E-state index contributed by atoms with van der Waals surface area (Å²) in [7, 11) is 1.60. The molecule has 0 saturated carbocycles. The zero-order valence-electron chi connectivity index (χ0n) is 16.9. The second-order valence-electron chi connectivity index (χ2n) is 8.16. The Morgan fingerprint density at radius 1 is 1.32 bits per heavy atom. The van der Waals surface area contributed by atoms with Crippen molar-refractivity contribution in [2.24, 2.45) is 5.92 Å². The van der Waals surface area contributed by atoms with Crippen LogP contribution in [0.5, 0.6) is 17.2 Å². The average molecular weight is 388 g/mol. The number of likely N-dealkylation sites (tertiary alicyclic amines) is 1. The molecule has 152 valence electrons. The molecule has 1 N–H and O–H groups in total. The lowest BCUT2D eigenvalue weighted by atomic mass is 9.84. The fourth-order valence-electron chi connectivity index (χ4n) is 3.94. The number of aliphatic hydroxyl groups is 1. The maximum atomic E-state index is 10.4. The number of piperidine rings is 1. The highest BCUT2D eigenvalue weighted by Gasteiger charge is 2.32. The van der Waals surface area contributed by atoms with Gasteiger partial charge in [0, 0.05) is 18.7 Å². The van der Waals surface area contributed by atoms with Crippen LogP contribution in [0.3, 0.4) is 0 Å². The summed E-state index contributed by atoms with van der Waals surface area (Å²) < 4.78 is 22.3. The molecule has 2 aliphatic heterocycles. The number of methoxy groups -OCH3 is 1. The third kappa shape index (κ3) is 3.69. The largest absolute Gasteiger partial charge is 0.493 e. The topological polar surface area (TPSA) is 77.2 Å². The van der Waals surface area contributed by atoms with E-state index in [0.29, 0.717) is 29.7 Å². The van der Waals surface area contributed by atoms with Gasteiger partial charge >= 0.3 is 0 Å². The van der Waals surface area contributed by atoms with Crippen molar-refractivity contribution < 1.29 is 23.7 Å². The molecule has 1 aromatic heterocycles. The van der Waals surface area contributed by atoms with Crippen molar-refractivity contribution in [3.8, 4) is 28.7 Å². The second kappa shape index (κ2) is 7.29. The zero-order chi connectivity index (χ0) is 19.9. The lowest BCUT2D eigenvalue weighted by Gasteiger charge is -2.38. The summed E-state index contributed by atoms with van der Waals surface area (Å²) in [5.41, 5.74) is 1.05. The Balaban J connectivity index is 1.55. The van der Waals surface area contributed by atoms with Crippen molar-refractivity contribution >= 4 is 0 Å². The van der Waals surface area contributed by atoms with E-state index in [4.69, 9.17) is 23.6 Å². The molecule has 28 heavy (non-hydrogen) atoms. The standard InChI is InChI=1S/C21H28N2O5/c1-13-16(11-23-7-5-6-15(10-23)21(2,3)24)22-20(28-13)14-8-17(25-4)19-18(9-14)26-12-27-19/h8-9,15,24H,5-7,10-12H2,1-4H3/t15-/m0/s1. The smallest absolute Gasteiger partial charge is 0.231 e. The van der Waals surface area contributed by atoms with E-state index in [0.717, 1.165) is 42.9 Å². The highest BCUT2D eigenvalue weighted by Crippen LogP contribution is 2.44. The highest BCUT2D eigenvalue weighted by molar-refractivity contribution is 5.66. The molecule has 1 atom stereocenters. The van der Waals surface area contributed by atoms with Crippen LogP contribution in [0, 0.1) is 12.8 Å². The first-order valence-corrected chi connectivity index (χ1v) is 9.74. The first kappa shape index (κ1) is 19.1. The molecule has 0 radical (unpaired) electrons. The number of aryl methyl sites for hydroxylation is 1. The van der Waals surface area contributed by atoms with Crippen LogP contribution in [0.15, 0.2) is 16.5 Å². The van der Waals surface area contributed by atoms with Crippen molar-refractivity contribution in [3.05, 3.63) is 23.6 Å². The lowest BCUT2D eigenvalue weighted by molar-refractivity contribution is -0.0200. The van der Waals surface area contributed by atoms with Crippen molar-refractivity contribution in [1.29, 1.82) is 0 Å². The number of hydrogen-bond acceptors (Lipinski definition) is 7. The van der Waals surface area contributed by atoms with E-state index in [1.807, 2.05) is 32.9 Å². The van der Waals surface area contributed by atoms with Gasteiger partial charge in [-0.3, -0.25) is 4.90 Å². The molecule has 1 saturated heterocycles. The summed E-state index contributed by atoms with van der Waals surface area (Å²) in [6.45, 7) is 8.50. The average Bonchev–Trinajstić information content (AvgIpc) is 3.27. The second-order valence-corrected chi connectivity index (χ2v) is 8.16. The molecule has 0 spiro atoms. The summed E-state index contributed by atoms with van der Waals surface area (Å²) in [6.07, 6.45) is 2.14. The lowest BCUT2D eigenvalue weighted by Crippen LogP contribution is -2.44. The van der Waals surface area contributed by atoms with Gasteiger partial charge in [-0.15, -0.1) is 0 Å². The monoisotopic (exact) mass is 388 g/mol. The minimum absolute atomic E-state index is 0.183. The number of fused-ring (bicyclic) bond motifs is 1. The predicted molar refractivity (Wildman–Crippen MR) is 104 cm³/mol. The summed E-state index contributed by atoms with van der Waals surface area (Å²) in [6, 6.07) is 3.72. The number of rotatable bonds is 5. The normalized spacial score (nSPS) is 19.8. The number of oxazole rings is 1. The van der Waals surface area contributed by atoms with Gasteiger partial charge in [-0.05, 0) is 58.2 Å². The van der Waals surface area contributed by atoms with Gasteiger partial charge in [0.05, 0.1) is 18.4 Å². The van der Waals surface area contributed by atoms with Crippen molar-refractivity contribution in [1.82, 2.24) is 9.88 Å². The number of nitrogens with zero attached hydrogens (tertiary/aromatic N) is 2. The third-order valence-electron chi connectivity index (χ3n) is 5.68. The van der Waals surface area contributed by atoms with Gasteiger partial charge in [0.25, 0.3) is 0 Å². The Morgan fingerprint density at radius 3 is 2.89 bits per heavy atom. The Kier molecular flexibility index (Phi) is 4.97. The van der Waals surface area contributed by atoms with Crippen LogP contribution in [-0.2, 0) is 6.54 Å². The number of hydrogen-bond donors (Lipinski definition) is 1. The van der Waals surface area contributed by atoms with E-state index < -0.39 is 5.60 Å². The quantitative estimate of drug-likeness (QED) is 0.841. The van der Waals surface area contributed by atoms with E-state index in [1.165, 1.54) is 0 Å². The molecule has 1 aromatic carbocycles. The molecule has 0 amide bonds. The molecule has 2 aliphatic rings. The molecule has 3 heterocycles. The van der Waals surface area contributed by atoms with Crippen LogP contribution in [0.4, 0.5) is 0 Å². The maximum Gasteiger partial charge on any atom is 0.231 e. The Hall–Kier alpha value is -2.25. The van der Waals surface area contributed by atoms with Crippen molar-refractivity contribution in [2.45, 2.75) is 45.8 Å². The molecule has 1 fully saturated rings. The maximum absolute atomic E-state index is 10.4. The number of ether oxygens (including phenoxy) is 3. The molecule has 0 unspecified atom stereocenters. The first-order valence-electron chi connectivity index (χ1n) is 9.74. The molecule has 0 aliphatic carbocycles. The Morgan fingerprint density at radius 2 is 2.14 bits per heavy atom. The number of benzene rings is 1. The van der Waals surface area contributed by atoms with Gasteiger partial charge in [-0.2, -0.15) is 0 Å². The predicted octanol–water partition coefficient (Wildman–Crippen LogP) is 3.37. The molecule has 2 aromatic rings. The summed E-state index contributed by atoms with van der Waals surface area (Å²) in [5, 5.41) is 10.4. The Bertz CT molecular complexity index is 855.